The molecule has 0 aliphatic heterocycles. The van der Waals surface area contributed by atoms with E-state index in [9.17, 15) is 4.79 Å². The first-order valence-corrected chi connectivity index (χ1v) is 7.57. The zero-order chi connectivity index (χ0) is 16.1. The largest absolute Gasteiger partial charge is 0.493 e. The predicted molar refractivity (Wildman–Crippen MR) is 87.6 cm³/mol. The topological polar surface area (TPSA) is 44.8 Å². The lowest BCUT2D eigenvalue weighted by atomic mass is 10.2. The molecule has 0 saturated carbocycles. The number of ether oxygens (including phenoxy) is 3. The third-order valence-corrected chi connectivity index (χ3v) is 3.52. The second kappa shape index (κ2) is 7.31. The van der Waals surface area contributed by atoms with Gasteiger partial charge >= 0.3 is 5.97 Å². The van der Waals surface area contributed by atoms with Crippen LogP contribution in [0.3, 0.4) is 0 Å². The van der Waals surface area contributed by atoms with E-state index in [0.717, 1.165) is 10.0 Å². The molecule has 116 valence electrons. The van der Waals surface area contributed by atoms with E-state index in [1.165, 1.54) is 7.11 Å². The van der Waals surface area contributed by atoms with Crippen molar-refractivity contribution in [3.8, 4) is 17.2 Å². The summed E-state index contributed by atoms with van der Waals surface area (Å²) < 4.78 is 17.1. The number of carbonyl (C=O) groups excluding carboxylic acids is 1. The molecule has 22 heavy (non-hydrogen) atoms. The van der Waals surface area contributed by atoms with Crippen LogP contribution in [-0.2, 0) is 4.79 Å². The summed E-state index contributed by atoms with van der Waals surface area (Å²) in [6.45, 7) is 3.58. The van der Waals surface area contributed by atoms with Crippen molar-refractivity contribution in [1.29, 1.82) is 0 Å². The van der Waals surface area contributed by atoms with Crippen LogP contribution in [0.5, 0.6) is 17.2 Å². The van der Waals surface area contributed by atoms with Gasteiger partial charge in [0.2, 0.25) is 0 Å². The van der Waals surface area contributed by atoms with Gasteiger partial charge in [0.25, 0.3) is 0 Å². The Kier molecular flexibility index (Phi) is 5.44. The number of rotatable bonds is 5. The average Bonchev–Trinajstić information content (AvgIpc) is 2.51. The van der Waals surface area contributed by atoms with Gasteiger partial charge in [0.05, 0.1) is 7.11 Å². The van der Waals surface area contributed by atoms with Gasteiger partial charge in [-0.05, 0) is 55.8 Å². The molecule has 0 bridgehead atoms. The molecule has 1 atom stereocenters. The Bertz CT molecular complexity index is 652. The Morgan fingerprint density at radius 2 is 1.77 bits per heavy atom. The Balaban J connectivity index is 2.03. The minimum absolute atomic E-state index is 0.379. The molecule has 0 spiro atoms. The highest BCUT2D eigenvalue weighted by Crippen LogP contribution is 2.28. The van der Waals surface area contributed by atoms with Gasteiger partial charge in [-0.25, -0.2) is 4.79 Å². The molecule has 2 aromatic carbocycles. The predicted octanol–water partition coefficient (Wildman–Crippen LogP) is 4.14. The molecule has 0 aliphatic rings. The monoisotopic (exact) mass is 364 g/mol. The first kappa shape index (κ1) is 16.4. The summed E-state index contributed by atoms with van der Waals surface area (Å²) in [5, 5.41) is 0. The Labute approximate surface area is 138 Å². The molecule has 4 nitrogen and oxygen atoms in total. The SMILES string of the molecule is COc1cc(C)ccc1OC(=O)C(C)Oc1ccc(Br)cc1. The molecule has 0 aromatic heterocycles. The lowest BCUT2D eigenvalue weighted by Gasteiger charge is -2.15. The molecule has 0 N–H and O–H groups in total. The third-order valence-electron chi connectivity index (χ3n) is 2.99. The van der Waals surface area contributed by atoms with Gasteiger partial charge in [-0.3, -0.25) is 0 Å². The van der Waals surface area contributed by atoms with Crippen LogP contribution in [0, 0.1) is 6.92 Å². The highest BCUT2D eigenvalue weighted by atomic mass is 79.9. The van der Waals surface area contributed by atoms with Crippen LogP contribution in [-0.4, -0.2) is 19.2 Å². The standard InChI is InChI=1S/C17H17BrO4/c1-11-4-9-15(16(10-11)20-3)22-17(19)12(2)21-14-7-5-13(18)6-8-14/h4-10,12H,1-3H3. The minimum Gasteiger partial charge on any atom is -0.493 e. The molecular formula is C17H17BrO4. The Morgan fingerprint density at radius 3 is 2.41 bits per heavy atom. The molecule has 1 unspecified atom stereocenters. The van der Waals surface area contributed by atoms with Crippen LogP contribution in [0.15, 0.2) is 46.9 Å². The van der Waals surface area contributed by atoms with E-state index in [1.54, 1.807) is 25.1 Å². The van der Waals surface area contributed by atoms with Crippen molar-refractivity contribution < 1.29 is 19.0 Å². The molecular weight excluding hydrogens is 348 g/mol. The summed E-state index contributed by atoms with van der Waals surface area (Å²) >= 11 is 3.35. The van der Waals surface area contributed by atoms with Crippen molar-refractivity contribution in [2.45, 2.75) is 20.0 Å². The van der Waals surface area contributed by atoms with Crippen molar-refractivity contribution in [3.05, 3.63) is 52.5 Å². The molecule has 0 heterocycles. The van der Waals surface area contributed by atoms with E-state index in [1.807, 2.05) is 31.2 Å². The number of aryl methyl sites for hydroxylation is 1. The quantitative estimate of drug-likeness (QED) is 0.590. The van der Waals surface area contributed by atoms with E-state index < -0.39 is 12.1 Å². The summed E-state index contributed by atoms with van der Waals surface area (Å²) in [7, 11) is 1.54. The molecule has 0 radical (unpaired) electrons. The van der Waals surface area contributed by atoms with Crippen molar-refractivity contribution >= 4 is 21.9 Å². The summed E-state index contributed by atoms with van der Waals surface area (Å²) in [5.41, 5.74) is 1.02. The number of carbonyl (C=O) groups is 1. The van der Waals surface area contributed by atoms with Crippen LogP contribution < -0.4 is 14.2 Å². The molecule has 5 heteroatoms. The van der Waals surface area contributed by atoms with Gasteiger partial charge in [0.1, 0.15) is 5.75 Å². The second-order valence-corrected chi connectivity index (χ2v) is 5.71. The lowest BCUT2D eigenvalue weighted by Crippen LogP contribution is -2.28. The number of hydrogen-bond donors (Lipinski definition) is 0. The summed E-state index contributed by atoms with van der Waals surface area (Å²) in [6, 6.07) is 12.6. The fraction of sp³-hybridized carbons (Fsp3) is 0.235. The Morgan fingerprint density at radius 1 is 1.09 bits per heavy atom. The Hall–Kier alpha value is -2.01. The van der Waals surface area contributed by atoms with E-state index in [-0.39, 0.29) is 0 Å². The van der Waals surface area contributed by atoms with Crippen molar-refractivity contribution in [1.82, 2.24) is 0 Å². The number of halogens is 1. The molecule has 2 aromatic rings. The average molecular weight is 365 g/mol. The summed E-state index contributed by atoms with van der Waals surface area (Å²) in [5.74, 6) is 1.02. The first-order valence-electron chi connectivity index (χ1n) is 6.78. The number of esters is 1. The second-order valence-electron chi connectivity index (χ2n) is 4.79. The van der Waals surface area contributed by atoms with Gasteiger partial charge in [0.15, 0.2) is 17.6 Å². The number of benzene rings is 2. The minimum atomic E-state index is -0.729. The van der Waals surface area contributed by atoms with Crippen LogP contribution in [0.25, 0.3) is 0 Å². The van der Waals surface area contributed by atoms with Gasteiger partial charge in [-0.1, -0.05) is 22.0 Å². The molecule has 0 aliphatic carbocycles. The van der Waals surface area contributed by atoms with Gasteiger partial charge in [0, 0.05) is 4.47 Å². The maximum absolute atomic E-state index is 12.1. The number of methoxy groups -OCH3 is 1. The molecule has 2 rings (SSSR count). The van der Waals surface area contributed by atoms with E-state index in [4.69, 9.17) is 14.2 Å². The van der Waals surface area contributed by atoms with Crippen molar-refractivity contribution in [3.63, 3.8) is 0 Å². The molecule has 0 fully saturated rings. The van der Waals surface area contributed by atoms with Crippen molar-refractivity contribution in [2.75, 3.05) is 7.11 Å². The van der Waals surface area contributed by atoms with Crippen LogP contribution in [0.4, 0.5) is 0 Å². The third kappa shape index (κ3) is 4.24. The lowest BCUT2D eigenvalue weighted by molar-refractivity contribution is -0.141. The fourth-order valence-corrected chi connectivity index (χ4v) is 2.08. The van der Waals surface area contributed by atoms with Gasteiger partial charge in [-0.15, -0.1) is 0 Å². The first-order chi connectivity index (χ1) is 10.5. The van der Waals surface area contributed by atoms with E-state index in [2.05, 4.69) is 15.9 Å². The summed E-state index contributed by atoms with van der Waals surface area (Å²) in [4.78, 5) is 12.1. The van der Waals surface area contributed by atoms with E-state index in [0.29, 0.717) is 17.2 Å². The fourth-order valence-electron chi connectivity index (χ4n) is 1.82. The number of hydrogen-bond acceptors (Lipinski definition) is 4. The van der Waals surface area contributed by atoms with Gasteiger partial charge < -0.3 is 14.2 Å². The molecule has 0 saturated heterocycles. The zero-order valence-electron chi connectivity index (χ0n) is 12.6. The maximum Gasteiger partial charge on any atom is 0.352 e. The van der Waals surface area contributed by atoms with Crippen LogP contribution in [0.2, 0.25) is 0 Å². The van der Waals surface area contributed by atoms with Crippen molar-refractivity contribution in [2.24, 2.45) is 0 Å². The van der Waals surface area contributed by atoms with E-state index >= 15 is 0 Å². The zero-order valence-corrected chi connectivity index (χ0v) is 14.2. The smallest absolute Gasteiger partial charge is 0.352 e. The van der Waals surface area contributed by atoms with Crippen LogP contribution >= 0.6 is 15.9 Å². The van der Waals surface area contributed by atoms with Crippen LogP contribution in [0.1, 0.15) is 12.5 Å². The summed E-state index contributed by atoms with van der Waals surface area (Å²) in [6.07, 6.45) is -0.729. The maximum atomic E-state index is 12.1. The normalized spacial score (nSPS) is 11.6. The highest BCUT2D eigenvalue weighted by molar-refractivity contribution is 9.10. The molecule has 0 amide bonds. The highest BCUT2D eigenvalue weighted by Gasteiger charge is 2.19. The van der Waals surface area contributed by atoms with Gasteiger partial charge in [-0.2, -0.15) is 0 Å².